The van der Waals surface area contributed by atoms with Crippen molar-refractivity contribution in [2.75, 3.05) is 24.5 Å². The predicted molar refractivity (Wildman–Crippen MR) is 143 cm³/mol. The average molecular weight is 546 g/mol. The Morgan fingerprint density at radius 3 is 2.54 bits per heavy atom. The zero-order valence-electron chi connectivity index (χ0n) is 20.7. The molecule has 0 aromatic heterocycles. The number of nitrogens with one attached hydrogen (secondary N) is 1. The number of hydrogen-bond acceptors (Lipinski definition) is 6. The minimum absolute atomic E-state index is 0.0353. The molecule has 0 fully saturated rings. The van der Waals surface area contributed by atoms with Crippen LogP contribution >= 0.6 is 11.6 Å². The quantitative estimate of drug-likeness (QED) is 0.210. The second kappa shape index (κ2) is 12.1. The molecule has 37 heavy (non-hydrogen) atoms. The molecule has 0 radical (unpaired) electrons. The zero-order chi connectivity index (χ0) is 27.2. The summed E-state index contributed by atoms with van der Waals surface area (Å²) in [6.07, 6.45) is 1.41. The lowest BCUT2D eigenvalue weighted by Gasteiger charge is -2.26. The lowest BCUT2D eigenvalue weighted by Crippen LogP contribution is -2.41. The van der Waals surface area contributed by atoms with Crippen LogP contribution in [0, 0.1) is 24.0 Å². The number of nitro groups is 1. The van der Waals surface area contributed by atoms with E-state index in [9.17, 15) is 23.3 Å². The summed E-state index contributed by atoms with van der Waals surface area (Å²) < 4.78 is 33.6. The minimum atomic E-state index is -4.42. The second-order valence-electron chi connectivity index (χ2n) is 8.48. The number of amides is 1. The van der Waals surface area contributed by atoms with Gasteiger partial charge in [0.05, 0.1) is 22.6 Å². The fourth-order valence-corrected chi connectivity index (χ4v) is 5.42. The number of halogens is 1. The summed E-state index contributed by atoms with van der Waals surface area (Å²) in [4.78, 5) is 23.3. The van der Waals surface area contributed by atoms with E-state index in [4.69, 9.17) is 16.3 Å². The topological polar surface area (TPSA) is 119 Å². The number of sulfonamides is 1. The first kappa shape index (κ1) is 27.9. The molecule has 0 saturated heterocycles. The summed E-state index contributed by atoms with van der Waals surface area (Å²) in [5.74, 6) is -0.377. The molecule has 0 aliphatic carbocycles. The number of ether oxygens (including phenoxy) is 1. The summed E-state index contributed by atoms with van der Waals surface area (Å²) >= 11 is 6.14. The fraction of sp³-hybridized carbons (Fsp3) is 0.269. The summed E-state index contributed by atoms with van der Waals surface area (Å²) in [6, 6.07) is 16.0. The van der Waals surface area contributed by atoms with E-state index in [-0.39, 0.29) is 27.0 Å². The number of methoxy groups -OCH3 is 1. The van der Waals surface area contributed by atoms with Crippen molar-refractivity contribution in [2.45, 2.75) is 31.6 Å². The Labute approximate surface area is 221 Å². The van der Waals surface area contributed by atoms with Crippen LogP contribution in [0.4, 0.5) is 11.4 Å². The van der Waals surface area contributed by atoms with Gasteiger partial charge < -0.3 is 10.1 Å². The van der Waals surface area contributed by atoms with Crippen molar-refractivity contribution < 1.29 is 22.9 Å². The van der Waals surface area contributed by atoms with Crippen molar-refractivity contribution in [3.8, 4) is 5.75 Å². The first-order chi connectivity index (χ1) is 17.5. The second-order valence-corrected chi connectivity index (χ2v) is 10.8. The highest BCUT2D eigenvalue weighted by atomic mass is 35.5. The van der Waals surface area contributed by atoms with Gasteiger partial charge in [0, 0.05) is 23.2 Å². The standard InChI is InChI=1S/C26H28ClN3O6S/c1-18-6-4-7-20(14-18)8-5-13-28-26(31)17-29(24-15-21(27)10-12-25(24)36-3)37(34,35)22-11-9-19(2)23(16-22)30(32)33/h4,6-7,9-12,14-16H,5,8,13,17H2,1-3H3,(H,28,31). The molecule has 0 saturated carbocycles. The van der Waals surface area contributed by atoms with Crippen molar-refractivity contribution in [1.82, 2.24) is 5.32 Å². The molecule has 0 unspecified atom stereocenters. The number of nitrogens with zero attached hydrogens (tertiary/aromatic N) is 2. The summed E-state index contributed by atoms with van der Waals surface area (Å²) in [7, 11) is -3.06. The van der Waals surface area contributed by atoms with Gasteiger partial charge >= 0.3 is 0 Å². The summed E-state index contributed by atoms with van der Waals surface area (Å²) in [5, 5.41) is 14.4. The van der Waals surface area contributed by atoms with Gasteiger partial charge in [0.15, 0.2) is 0 Å². The number of carbonyl (C=O) groups excluding carboxylic acids is 1. The van der Waals surface area contributed by atoms with Crippen LogP contribution in [0.25, 0.3) is 0 Å². The Hall–Kier alpha value is -3.63. The van der Waals surface area contributed by atoms with E-state index >= 15 is 0 Å². The average Bonchev–Trinajstić information content (AvgIpc) is 2.85. The third kappa shape index (κ3) is 6.99. The van der Waals surface area contributed by atoms with Crippen molar-refractivity contribution in [3.05, 3.63) is 92.5 Å². The number of carbonyl (C=O) groups is 1. The molecule has 3 aromatic carbocycles. The van der Waals surface area contributed by atoms with Crippen LogP contribution in [0.1, 0.15) is 23.1 Å². The Morgan fingerprint density at radius 2 is 1.86 bits per heavy atom. The molecule has 0 spiro atoms. The van der Waals surface area contributed by atoms with Crippen LogP contribution in [0.2, 0.25) is 5.02 Å². The molecule has 1 N–H and O–H groups in total. The maximum Gasteiger partial charge on any atom is 0.273 e. The lowest BCUT2D eigenvalue weighted by atomic mass is 10.1. The van der Waals surface area contributed by atoms with E-state index in [0.29, 0.717) is 18.5 Å². The van der Waals surface area contributed by atoms with Gasteiger partial charge in [0.1, 0.15) is 12.3 Å². The van der Waals surface area contributed by atoms with Crippen molar-refractivity contribution in [1.29, 1.82) is 0 Å². The van der Waals surface area contributed by atoms with Gasteiger partial charge in [0.2, 0.25) is 5.91 Å². The predicted octanol–water partition coefficient (Wildman–Crippen LogP) is 4.82. The molecule has 0 atom stereocenters. The zero-order valence-corrected chi connectivity index (χ0v) is 22.3. The summed E-state index contributed by atoms with van der Waals surface area (Å²) in [5.41, 5.74) is 2.28. The van der Waals surface area contributed by atoms with Crippen molar-refractivity contribution in [3.63, 3.8) is 0 Å². The maximum absolute atomic E-state index is 13.7. The van der Waals surface area contributed by atoms with Crippen LogP contribution in [0.15, 0.2) is 65.6 Å². The highest BCUT2D eigenvalue weighted by Crippen LogP contribution is 2.35. The first-order valence-corrected chi connectivity index (χ1v) is 13.3. The van der Waals surface area contributed by atoms with Crippen LogP contribution < -0.4 is 14.4 Å². The fourth-order valence-electron chi connectivity index (χ4n) is 3.81. The van der Waals surface area contributed by atoms with E-state index in [2.05, 4.69) is 11.4 Å². The lowest BCUT2D eigenvalue weighted by molar-refractivity contribution is -0.385. The number of hydrogen-bond donors (Lipinski definition) is 1. The number of aryl methyl sites for hydroxylation is 3. The van der Waals surface area contributed by atoms with E-state index in [1.807, 2.05) is 25.1 Å². The Bertz CT molecular complexity index is 1410. The Balaban J connectivity index is 1.87. The first-order valence-electron chi connectivity index (χ1n) is 11.5. The number of anilines is 1. The van der Waals surface area contributed by atoms with Crippen molar-refractivity contribution >= 4 is 38.9 Å². The van der Waals surface area contributed by atoms with Gasteiger partial charge in [-0.2, -0.15) is 0 Å². The minimum Gasteiger partial charge on any atom is -0.495 e. The molecule has 0 aliphatic rings. The Kier molecular flexibility index (Phi) is 9.12. The molecule has 0 aliphatic heterocycles. The normalized spacial score (nSPS) is 11.1. The number of nitro benzene ring substituents is 1. The monoisotopic (exact) mass is 545 g/mol. The van der Waals surface area contributed by atoms with Gasteiger partial charge in [-0.25, -0.2) is 8.42 Å². The van der Waals surface area contributed by atoms with Gasteiger partial charge in [-0.3, -0.25) is 19.2 Å². The van der Waals surface area contributed by atoms with Crippen molar-refractivity contribution in [2.24, 2.45) is 0 Å². The molecular weight excluding hydrogens is 518 g/mol. The molecule has 9 nitrogen and oxygen atoms in total. The van der Waals surface area contributed by atoms with Gasteiger partial charge in [-0.05, 0) is 56.5 Å². The highest BCUT2D eigenvalue weighted by Gasteiger charge is 2.31. The third-order valence-corrected chi connectivity index (χ3v) is 7.70. The van der Waals surface area contributed by atoms with Gasteiger partial charge in [-0.15, -0.1) is 0 Å². The Morgan fingerprint density at radius 1 is 1.11 bits per heavy atom. The number of rotatable bonds is 11. The largest absolute Gasteiger partial charge is 0.495 e. The number of benzene rings is 3. The third-order valence-electron chi connectivity index (χ3n) is 5.71. The molecule has 3 rings (SSSR count). The smallest absolute Gasteiger partial charge is 0.273 e. The molecule has 0 heterocycles. The van der Waals surface area contributed by atoms with Crippen LogP contribution in [0.5, 0.6) is 5.75 Å². The SMILES string of the molecule is COc1ccc(Cl)cc1N(CC(=O)NCCCc1cccc(C)c1)S(=O)(=O)c1ccc(C)c([N+](=O)[O-])c1. The van der Waals surface area contributed by atoms with Crippen LogP contribution in [-0.2, 0) is 21.2 Å². The van der Waals surface area contributed by atoms with E-state index in [1.165, 1.54) is 44.4 Å². The molecule has 0 bridgehead atoms. The highest BCUT2D eigenvalue weighted by molar-refractivity contribution is 7.92. The molecule has 3 aromatic rings. The van der Waals surface area contributed by atoms with Gasteiger partial charge in [0.25, 0.3) is 15.7 Å². The summed E-state index contributed by atoms with van der Waals surface area (Å²) in [6.45, 7) is 3.28. The maximum atomic E-state index is 13.7. The molecular formula is C26H28ClN3O6S. The van der Waals surface area contributed by atoms with E-state index in [0.717, 1.165) is 27.9 Å². The molecule has 196 valence electrons. The molecule has 1 amide bonds. The molecule has 11 heteroatoms. The van der Waals surface area contributed by atoms with E-state index in [1.54, 1.807) is 0 Å². The van der Waals surface area contributed by atoms with Gasteiger partial charge in [-0.1, -0.05) is 47.5 Å². The van der Waals surface area contributed by atoms with Crippen LogP contribution in [-0.4, -0.2) is 39.4 Å². The van der Waals surface area contributed by atoms with Crippen LogP contribution in [0.3, 0.4) is 0 Å². The van der Waals surface area contributed by atoms with E-state index < -0.39 is 27.4 Å².